The lowest BCUT2D eigenvalue weighted by Gasteiger charge is -2.15. The van der Waals surface area contributed by atoms with Gasteiger partial charge in [0.1, 0.15) is 12.2 Å². The molecule has 4 atom stereocenters. The molecule has 1 saturated heterocycles. The van der Waals surface area contributed by atoms with Gasteiger partial charge >= 0.3 is 5.69 Å². The normalized spacial score (nSPS) is 31.8. The predicted molar refractivity (Wildman–Crippen MR) is 58.0 cm³/mol. The summed E-state index contributed by atoms with van der Waals surface area (Å²) in [5.74, 6) is 0. The molecule has 1 aliphatic rings. The van der Waals surface area contributed by atoms with Crippen LogP contribution in [0.15, 0.2) is 15.8 Å². The van der Waals surface area contributed by atoms with E-state index in [1.165, 1.54) is 6.92 Å². The average molecular weight is 260 g/mol. The summed E-state index contributed by atoms with van der Waals surface area (Å²) in [6.07, 6.45) is -4.67. The quantitative estimate of drug-likeness (QED) is 0.596. The number of nitrogens with one attached hydrogen (secondary N) is 1. The molecule has 0 aliphatic carbocycles. The maximum Gasteiger partial charge on any atom is 0.330 e. The minimum absolute atomic E-state index is 0.215. The van der Waals surface area contributed by atoms with Gasteiger partial charge in [-0.15, -0.1) is 0 Å². The second-order valence-corrected chi connectivity index (χ2v) is 4.16. The average Bonchev–Trinajstić information content (AvgIpc) is 2.61. The Labute approximate surface area is 100 Å². The lowest BCUT2D eigenvalue weighted by atomic mass is 10.1. The summed E-state index contributed by atoms with van der Waals surface area (Å²) < 4.78 is 19.7. The van der Waals surface area contributed by atoms with Gasteiger partial charge in [0.2, 0.25) is 0 Å². The van der Waals surface area contributed by atoms with Gasteiger partial charge < -0.3 is 14.9 Å². The van der Waals surface area contributed by atoms with Gasteiger partial charge in [0, 0.05) is 11.8 Å². The van der Waals surface area contributed by atoms with Crippen LogP contribution in [0.25, 0.3) is 0 Å². The van der Waals surface area contributed by atoms with Crippen LogP contribution in [0.2, 0.25) is 0 Å². The number of rotatable bonds is 2. The van der Waals surface area contributed by atoms with E-state index in [9.17, 15) is 19.1 Å². The highest BCUT2D eigenvalue weighted by atomic mass is 19.1. The van der Waals surface area contributed by atoms with Crippen LogP contribution >= 0.6 is 0 Å². The van der Waals surface area contributed by atoms with Crippen molar-refractivity contribution >= 4 is 0 Å². The Balaban J connectivity index is 2.42. The van der Waals surface area contributed by atoms with Gasteiger partial charge in [-0.25, -0.2) is 9.18 Å². The second kappa shape index (κ2) is 4.63. The van der Waals surface area contributed by atoms with Gasteiger partial charge in [0.25, 0.3) is 5.56 Å². The molecular formula is C10H13FN2O5. The zero-order chi connectivity index (χ0) is 13.4. The highest BCUT2D eigenvalue weighted by Gasteiger charge is 2.45. The van der Waals surface area contributed by atoms with Gasteiger partial charge in [-0.2, -0.15) is 0 Å². The monoisotopic (exact) mass is 260 g/mol. The van der Waals surface area contributed by atoms with Crippen LogP contribution in [0, 0.1) is 6.92 Å². The SMILES string of the molecule is Cc1cn([C@H]2O[C@@H](CO)C(O)C2F)c(=O)[nH]c1=O. The first-order valence-electron chi connectivity index (χ1n) is 5.36. The molecule has 2 heterocycles. The van der Waals surface area contributed by atoms with Crippen molar-refractivity contribution in [3.8, 4) is 0 Å². The number of aryl methyl sites for hydroxylation is 1. The van der Waals surface area contributed by atoms with E-state index in [-0.39, 0.29) is 5.56 Å². The van der Waals surface area contributed by atoms with Crippen molar-refractivity contribution in [3.05, 3.63) is 32.6 Å². The number of aromatic nitrogens is 2. The molecule has 3 N–H and O–H groups in total. The molecule has 7 nitrogen and oxygen atoms in total. The highest BCUT2D eigenvalue weighted by molar-refractivity contribution is 5.03. The molecule has 0 aromatic carbocycles. The van der Waals surface area contributed by atoms with Crippen LogP contribution in [-0.2, 0) is 4.74 Å². The first-order chi connectivity index (χ1) is 8.45. The molecule has 0 spiro atoms. The minimum Gasteiger partial charge on any atom is -0.394 e. The number of ether oxygens (including phenoxy) is 1. The van der Waals surface area contributed by atoms with Crippen molar-refractivity contribution in [2.24, 2.45) is 0 Å². The summed E-state index contributed by atoms with van der Waals surface area (Å²) in [6.45, 7) is 0.895. The first-order valence-corrected chi connectivity index (χ1v) is 5.36. The lowest BCUT2D eigenvalue weighted by Crippen LogP contribution is -2.36. The van der Waals surface area contributed by atoms with Crippen molar-refractivity contribution in [2.75, 3.05) is 6.61 Å². The van der Waals surface area contributed by atoms with Crippen LogP contribution in [0.3, 0.4) is 0 Å². The van der Waals surface area contributed by atoms with E-state index in [0.29, 0.717) is 0 Å². The fourth-order valence-corrected chi connectivity index (χ4v) is 1.85. The molecule has 0 radical (unpaired) electrons. The van der Waals surface area contributed by atoms with Crippen LogP contribution < -0.4 is 11.2 Å². The van der Waals surface area contributed by atoms with Crippen LogP contribution in [0.5, 0.6) is 0 Å². The van der Waals surface area contributed by atoms with E-state index < -0.39 is 42.5 Å². The first kappa shape index (κ1) is 12.9. The molecule has 0 saturated carbocycles. The molecule has 1 fully saturated rings. The predicted octanol–water partition coefficient (Wildman–Crippen LogP) is -1.57. The Morgan fingerprint density at radius 1 is 1.56 bits per heavy atom. The zero-order valence-corrected chi connectivity index (χ0v) is 9.54. The van der Waals surface area contributed by atoms with E-state index in [0.717, 1.165) is 10.8 Å². The third-order valence-corrected chi connectivity index (χ3v) is 2.89. The number of hydrogen-bond acceptors (Lipinski definition) is 5. The van der Waals surface area contributed by atoms with Gasteiger partial charge in [0.15, 0.2) is 12.4 Å². The van der Waals surface area contributed by atoms with E-state index in [2.05, 4.69) is 0 Å². The van der Waals surface area contributed by atoms with E-state index in [1.807, 2.05) is 4.98 Å². The molecule has 1 aromatic rings. The molecule has 2 unspecified atom stereocenters. The summed E-state index contributed by atoms with van der Waals surface area (Å²) in [4.78, 5) is 24.7. The van der Waals surface area contributed by atoms with Crippen LogP contribution in [0.1, 0.15) is 11.8 Å². The molecule has 0 amide bonds. The van der Waals surface area contributed by atoms with E-state index >= 15 is 0 Å². The van der Waals surface area contributed by atoms with Gasteiger partial charge in [-0.1, -0.05) is 0 Å². The van der Waals surface area contributed by atoms with Crippen molar-refractivity contribution in [1.29, 1.82) is 0 Å². The van der Waals surface area contributed by atoms with Gasteiger partial charge in [-0.05, 0) is 6.92 Å². The number of aliphatic hydroxyl groups is 2. The third-order valence-electron chi connectivity index (χ3n) is 2.89. The van der Waals surface area contributed by atoms with Crippen molar-refractivity contribution in [3.63, 3.8) is 0 Å². The molecular weight excluding hydrogens is 247 g/mol. The standard InChI is InChI=1S/C10H13FN2O5/c1-4-2-13(10(17)12-8(4)16)9-6(11)7(15)5(3-14)18-9/h2,5-7,9,14-15H,3H2,1H3,(H,12,16,17)/t5-,6?,7?,9-/m0/s1. The molecule has 2 rings (SSSR count). The molecule has 100 valence electrons. The number of halogens is 1. The maximum absolute atomic E-state index is 13.8. The summed E-state index contributed by atoms with van der Waals surface area (Å²) in [5, 5.41) is 18.3. The topological polar surface area (TPSA) is 105 Å². The van der Waals surface area contributed by atoms with Gasteiger partial charge in [-0.3, -0.25) is 14.3 Å². The molecule has 8 heteroatoms. The summed E-state index contributed by atoms with van der Waals surface area (Å²) in [7, 11) is 0. The number of H-pyrrole nitrogens is 1. The fourth-order valence-electron chi connectivity index (χ4n) is 1.85. The Kier molecular flexibility index (Phi) is 3.33. The van der Waals surface area contributed by atoms with Crippen LogP contribution in [0.4, 0.5) is 4.39 Å². The summed E-state index contributed by atoms with van der Waals surface area (Å²) in [5.41, 5.74) is -1.18. The van der Waals surface area contributed by atoms with E-state index in [4.69, 9.17) is 9.84 Å². The Bertz CT molecular complexity index is 554. The Hall–Kier alpha value is -1.51. The molecule has 18 heavy (non-hydrogen) atoms. The summed E-state index contributed by atoms with van der Waals surface area (Å²) in [6, 6.07) is 0. The van der Waals surface area contributed by atoms with E-state index in [1.54, 1.807) is 0 Å². The number of hydrogen-bond donors (Lipinski definition) is 3. The van der Waals surface area contributed by atoms with Gasteiger partial charge in [0.05, 0.1) is 6.61 Å². The number of nitrogens with zero attached hydrogens (tertiary/aromatic N) is 1. The Morgan fingerprint density at radius 2 is 2.22 bits per heavy atom. The second-order valence-electron chi connectivity index (χ2n) is 4.16. The minimum atomic E-state index is -1.86. The van der Waals surface area contributed by atoms with Crippen molar-refractivity contribution < 1.29 is 19.3 Å². The fraction of sp³-hybridized carbons (Fsp3) is 0.600. The number of alkyl halides is 1. The number of aromatic amines is 1. The lowest BCUT2D eigenvalue weighted by molar-refractivity contribution is -0.0492. The molecule has 1 aromatic heterocycles. The number of aliphatic hydroxyl groups excluding tert-OH is 2. The maximum atomic E-state index is 13.8. The summed E-state index contributed by atoms with van der Waals surface area (Å²) >= 11 is 0. The van der Waals surface area contributed by atoms with Crippen molar-refractivity contribution in [1.82, 2.24) is 9.55 Å². The Morgan fingerprint density at radius 3 is 2.78 bits per heavy atom. The highest BCUT2D eigenvalue weighted by Crippen LogP contribution is 2.30. The van der Waals surface area contributed by atoms with Crippen LogP contribution in [-0.4, -0.2) is 44.8 Å². The largest absolute Gasteiger partial charge is 0.394 e. The van der Waals surface area contributed by atoms with Crippen molar-refractivity contribution in [2.45, 2.75) is 31.5 Å². The molecule has 1 aliphatic heterocycles. The third kappa shape index (κ3) is 1.98. The zero-order valence-electron chi connectivity index (χ0n) is 9.54. The smallest absolute Gasteiger partial charge is 0.330 e. The molecule has 0 bridgehead atoms.